The summed E-state index contributed by atoms with van der Waals surface area (Å²) in [7, 11) is 1.62. The smallest absolute Gasteiger partial charge is 0.265 e. The van der Waals surface area contributed by atoms with Crippen LogP contribution in [0.15, 0.2) is 30.3 Å². The van der Waals surface area contributed by atoms with Gasteiger partial charge in [0.15, 0.2) is 24.8 Å². The lowest BCUT2D eigenvalue weighted by Gasteiger charge is -2.33. The van der Waals surface area contributed by atoms with Crippen LogP contribution in [0.1, 0.15) is 37.8 Å². The molecular formula is C25H30N4O5. The molecule has 1 aliphatic carbocycles. The van der Waals surface area contributed by atoms with E-state index in [2.05, 4.69) is 15.6 Å². The monoisotopic (exact) mass is 466 g/mol. The zero-order valence-electron chi connectivity index (χ0n) is 19.3. The highest BCUT2D eigenvalue weighted by atomic mass is 16.5. The third-order valence-electron chi connectivity index (χ3n) is 6.82. The number of hydrogen-bond acceptors (Lipinski definition) is 7. The van der Waals surface area contributed by atoms with E-state index in [1.54, 1.807) is 7.11 Å². The van der Waals surface area contributed by atoms with Gasteiger partial charge in [-0.2, -0.15) is 0 Å². The van der Waals surface area contributed by atoms with Crippen molar-refractivity contribution < 1.29 is 23.8 Å². The van der Waals surface area contributed by atoms with E-state index in [0.717, 1.165) is 55.0 Å². The number of nitrogens with zero attached hydrogens (tertiary/aromatic N) is 2. The van der Waals surface area contributed by atoms with Gasteiger partial charge in [0, 0.05) is 25.2 Å². The predicted molar refractivity (Wildman–Crippen MR) is 126 cm³/mol. The Kier molecular flexibility index (Phi) is 6.53. The Balaban J connectivity index is 1.10. The molecule has 1 aromatic heterocycles. The number of ether oxygens (including phenoxy) is 3. The van der Waals surface area contributed by atoms with Crippen molar-refractivity contribution in [3.63, 3.8) is 0 Å². The van der Waals surface area contributed by atoms with Gasteiger partial charge in [-0.15, -0.1) is 0 Å². The number of methoxy groups -OCH3 is 1. The van der Waals surface area contributed by atoms with Crippen LogP contribution in [0.4, 0.5) is 11.5 Å². The van der Waals surface area contributed by atoms with Crippen molar-refractivity contribution in [2.24, 2.45) is 5.92 Å². The molecule has 1 fully saturated rings. The number of anilines is 2. The summed E-state index contributed by atoms with van der Waals surface area (Å²) >= 11 is 0. The molecule has 0 bridgehead atoms. The number of carbonyl (C=O) groups excluding carboxylic acids is 2. The molecule has 1 aromatic carbocycles. The molecule has 0 atom stereocenters. The minimum atomic E-state index is -0.176. The lowest BCUT2D eigenvalue weighted by molar-refractivity contribution is -0.121. The molecule has 0 unspecified atom stereocenters. The maximum atomic E-state index is 12.5. The second-order valence-electron chi connectivity index (χ2n) is 9.04. The summed E-state index contributed by atoms with van der Waals surface area (Å²) in [6, 6.07) is 9.82. The molecule has 0 spiro atoms. The van der Waals surface area contributed by atoms with E-state index in [9.17, 15) is 9.59 Å². The molecule has 0 saturated heterocycles. The van der Waals surface area contributed by atoms with Crippen LogP contribution in [0.2, 0.25) is 0 Å². The molecule has 9 heteroatoms. The van der Waals surface area contributed by atoms with Gasteiger partial charge in [-0.25, -0.2) is 4.98 Å². The van der Waals surface area contributed by atoms with E-state index >= 15 is 0 Å². The van der Waals surface area contributed by atoms with Gasteiger partial charge >= 0.3 is 0 Å². The van der Waals surface area contributed by atoms with Crippen LogP contribution in [0.3, 0.4) is 0 Å². The van der Waals surface area contributed by atoms with Crippen molar-refractivity contribution in [2.45, 2.75) is 44.7 Å². The average molecular weight is 467 g/mol. The molecule has 3 aliphatic rings. The number of pyridine rings is 1. The summed E-state index contributed by atoms with van der Waals surface area (Å²) < 4.78 is 16.3. The van der Waals surface area contributed by atoms with Crippen molar-refractivity contribution >= 4 is 23.3 Å². The fourth-order valence-corrected chi connectivity index (χ4v) is 4.87. The van der Waals surface area contributed by atoms with Crippen molar-refractivity contribution in [2.75, 3.05) is 37.1 Å². The van der Waals surface area contributed by atoms with Crippen LogP contribution in [0.5, 0.6) is 17.2 Å². The minimum Gasteiger partial charge on any atom is -0.497 e. The van der Waals surface area contributed by atoms with Crippen molar-refractivity contribution in [1.29, 1.82) is 0 Å². The van der Waals surface area contributed by atoms with Crippen molar-refractivity contribution in [3.05, 3.63) is 36.0 Å². The van der Waals surface area contributed by atoms with E-state index in [1.165, 1.54) is 0 Å². The van der Waals surface area contributed by atoms with Gasteiger partial charge in [0.2, 0.25) is 0 Å². The Morgan fingerprint density at radius 2 is 1.88 bits per heavy atom. The number of fused-ring (bicyclic) bond motifs is 2. The zero-order valence-corrected chi connectivity index (χ0v) is 19.3. The van der Waals surface area contributed by atoms with Crippen LogP contribution < -0.4 is 29.7 Å². The highest BCUT2D eigenvalue weighted by molar-refractivity contribution is 5.98. The van der Waals surface area contributed by atoms with Gasteiger partial charge in [-0.1, -0.05) is 0 Å². The first-order valence-electron chi connectivity index (χ1n) is 11.9. The second-order valence-corrected chi connectivity index (χ2v) is 9.04. The molecule has 2 aromatic rings. The molecule has 34 heavy (non-hydrogen) atoms. The second kappa shape index (κ2) is 9.89. The summed E-state index contributed by atoms with van der Waals surface area (Å²) in [6.07, 6.45) is 5.42. The molecular weight excluding hydrogens is 436 g/mol. The Morgan fingerprint density at radius 1 is 1.09 bits per heavy atom. The summed E-state index contributed by atoms with van der Waals surface area (Å²) in [4.78, 5) is 30.4. The molecule has 180 valence electrons. The predicted octanol–water partition coefficient (Wildman–Crippen LogP) is 2.89. The molecule has 1 saturated carbocycles. The van der Waals surface area contributed by atoms with E-state index in [0.29, 0.717) is 36.6 Å². The number of benzene rings is 1. The fraction of sp³-hybridized carbons (Fsp3) is 0.480. The first-order valence-corrected chi connectivity index (χ1v) is 11.9. The molecule has 5 rings (SSSR count). The summed E-state index contributed by atoms with van der Waals surface area (Å²) in [5, 5.41) is 6.36. The Bertz CT molecular complexity index is 1070. The van der Waals surface area contributed by atoms with Crippen LogP contribution in [0.25, 0.3) is 0 Å². The molecule has 0 radical (unpaired) electrons. The van der Waals surface area contributed by atoms with Crippen LogP contribution in [-0.4, -0.2) is 49.7 Å². The van der Waals surface area contributed by atoms with Crippen LogP contribution in [-0.2, 0) is 16.1 Å². The van der Waals surface area contributed by atoms with E-state index in [1.807, 2.05) is 35.2 Å². The summed E-state index contributed by atoms with van der Waals surface area (Å²) in [6.45, 7) is 1.47. The molecule has 9 nitrogen and oxygen atoms in total. The lowest BCUT2D eigenvalue weighted by atomic mass is 9.84. The maximum absolute atomic E-state index is 12.5. The largest absolute Gasteiger partial charge is 0.497 e. The number of aromatic nitrogens is 1. The van der Waals surface area contributed by atoms with Gasteiger partial charge in [-0.3, -0.25) is 9.59 Å². The highest BCUT2D eigenvalue weighted by Gasteiger charge is 2.28. The Morgan fingerprint density at radius 3 is 2.71 bits per heavy atom. The number of rotatable bonds is 7. The minimum absolute atomic E-state index is 0.00440. The third-order valence-corrected chi connectivity index (χ3v) is 6.82. The summed E-state index contributed by atoms with van der Waals surface area (Å²) in [5.74, 6) is 2.98. The molecule has 2 aliphatic heterocycles. The van der Waals surface area contributed by atoms with E-state index in [-0.39, 0.29) is 25.0 Å². The Labute approximate surface area is 198 Å². The number of nitrogens with one attached hydrogen (secondary N) is 2. The van der Waals surface area contributed by atoms with Crippen molar-refractivity contribution in [1.82, 2.24) is 10.3 Å². The van der Waals surface area contributed by atoms with Gasteiger partial charge < -0.3 is 29.7 Å². The lowest BCUT2D eigenvalue weighted by Crippen LogP contribution is -2.40. The average Bonchev–Trinajstić information content (AvgIpc) is 2.87. The van der Waals surface area contributed by atoms with E-state index < -0.39 is 0 Å². The first-order chi connectivity index (χ1) is 16.6. The number of amides is 2. The highest BCUT2D eigenvalue weighted by Crippen LogP contribution is 2.36. The number of hydrogen-bond donors (Lipinski definition) is 2. The van der Waals surface area contributed by atoms with Crippen LogP contribution in [0, 0.1) is 5.92 Å². The van der Waals surface area contributed by atoms with Crippen molar-refractivity contribution in [3.8, 4) is 17.2 Å². The molecule has 3 heterocycles. The first kappa shape index (κ1) is 22.5. The topological polar surface area (TPSA) is 102 Å². The van der Waals surface area contributed by atoms with Gasteiger partial charge in [0.05, 0.1) is 18.5 Å². The SMILES string of the molecule is COc1ccc2c(c1)N(CC[C@H]1CC[C@H](NCc3ccc4c(n3)NC(=O)CO4)CC1)C(=O)CO2. The normalized spacial score (nSPS) is 21.6. The molecule has 2 amide bonds. The van der Waals surface area contributed by atoms with Gasteiger partial charge in [0.25, 0.3) is 11.8 Å². The standard InChI is InChI=1S/C25H30N4O5/c1-32-19-7-9-21-20(12-19)29(24(31)15-34-21)11-10-16-2-4-17(5-3-16)26-13-18-6-8-22-25(27-18)28-23(30)14-33-22/h6-9,12,16-17,26H,2-5,10-11,13-15H2,1H3,(H,27,28,30)/t16-,17-. The van der Waals surface area contributed by atoms with Crippen LogP contribution >= 0.6 is 0 Å². The Hall–Kier alpha value is -3.33. The van der Waals surface area contributed by atoms with Gasteiger partial charge in [0.1, 0.15) is 11.5 Å². The van der Waals surface area contributed by atoms with Gasteiger partial charge in [-0.05, 0) is 62.3 Å². The summed E-state index contributed by atoms with van der Waals surface area (Å²) in [5.41, 5.74) is 1.68. The van der Waals surface area contributed by atoms with E-state index in [4.69, 9.17) is 14.2 Å². The molecule has 2 N–H and O–H groups in total. The fourth-order valence-electron chi connectivity index (χ4n) is 4.87. The maximum Gasteiger partial charge on any atom is 0.265 e. The number of carbonyl (C=O) groups is 2. The third kappa shape index (κ3) is 4.94. The quantitative estimate of drug-likeness (QED) is 0.647. The zero-order chi connectivity index (χ0) is 23.5.